The summed E-state index contributed by atoms with van der Waals surface area (Å²) in [6.45, 7) is 2.75. The Morgan fingerprint density at radius 2 is 1.84 bits per heavy atom. The van der Waals surface area contributed by atoms with Crippen LogP contribution in [-0.4, -0.2) is 18.0 Å². The molecule has 3 aromatic carbocycles. The number of rotatable bonds is 6. The van der Waals surface area contributed by atoms with Gasteiger partial charge in [0.2, 0.25) is 10.0 Å². The highest BCUT2D eigenvalue weighted by Crippen LogP contribution is 2.29. The van der Waals surface area contributed by atoms with Gasteiger partial charge in [-0.2, -0.15) is 5.26 Å². The molecule has 0 aliphatic rings. The molecule has 0 unspecified atom stereocenters. The number of nitrogens with zero attached hydrogens (tertiary/aromatic N) is 3. The lowest BCUT2D eigenvalue weighted by molar-refractivity contribution is 0.598. The molecule has 0 atom stereocenters. The monoisotopic (exact) mass is 448 g/mol. The Balaban J connectivity index is 1.57. The van der Waals surface area contributed by atoms with Crippen molar-refractivity contribution in [2.75, 3.05) is 0 Å². The van der Waals surface area contributed by atoms with E-state index in [9.17, 15) is 13.7 Å². The summed E-state index contributed by atoms with van der Waals surface area (Å²) >= 11 is 1.59. The van der Waals surface area contributed by atoms with Crippen LogP contribution in [0.3, 0.4) is 0 Å². The van der Waals surface area contributed by atoms with Crippen LogP contribution in [-0.2, 0) is 22.3 Å². The zero-order valence-electron chi connectivity index (χ0n) is 16.8. The zero-order valence-corrected chi connectivity index (χ0v) is 18.5. The van der Waals surface area contributed by atoms with Gasteiger partial charge in [0.15, 0.2) is 5.16 Å². The molecule has 4 aromatic rings. The molecule has 0 saturated carbocycles. The predicted molar refractivity (Wildman–Crippen MR) is 123 cm³/mol. The minimum atomic E-state index is -3.77. The molecular formula is C23H20N4O2S2. The Hall–Kier alpha value is -3.12. The number of primary sulfonamides is 1. The molecule has 1 aromatic heterocycles. The molecule has 0 aliphatic carbocycles. The van der Waals surface area contributed by atoms with Gasteiger partial charge in [-0.1, -0.05) is 54.2 Å². The molecule has 0 radical (unpaired) electrons. The van der Waals surface area contributed by atoms with Gasteiger partial charge >= 0.3 is 0 Å². The summed E-state index contributed by atoms with van der Waals surface area (Å²) in [6.07, 6.45) is 0. The second-order valence-corrected chi connectivity index (χ2v) is 9.48. The molecule has 0 saturated heterocycles. The Bertz CT molecular complexity index is 1400. The first-order valence-corrected chi connectivity index (χ1v) is 12.2. The molecule has 0 fully saturated rings. The number of hydrogen-bond donors (Lipinski definition) is 1. The fourth-order valence-corrected chi connectivity index (χ4v) is 5.01. The highest BCUT2D eigenvalue weighted by Gasteiger charge is 2.14. The highest BCUT2D eigenvalue weighted by molar-refractivity contribution is 7.98. The van der Waals surface area contributed by atoms with E-state index in [1.807, 2.05) is 43.3 Å². The van der Waals surface area contributed by atoms with E-state index in [4.69, 9.17) is 5.14 Å². The van der Waals surface area contributed by atoms with E-state index < -0.39 is 10.0 Å². The second-order valence-electron chi connectivity index (χ2n) is 6.98. The van der Waals surface area contributed by atoms with Gasteiger partial charge < -0.3 is 4.57 Å². The van der Waals surface area contributed by atoms with Crippen LogP contribution in [0.15, 0.2) is 76.8 Å². The van der Waals surface area contributed by atoms with Crippen molar-refractivity contribution in [3.8, 4) is 17.2 Å². The molecule has 0 bridgehead atoms. The van der Waals surface area contributed by atoms with E-state index in [0.717, 1.165) is 33.9 Å². The van der Waals surface area contributed by atoms with Gasteiger partial charge in [-0.05, 0) is 47.9 Å². The molecule has 0 aliphatic heterocycles. The molecule has 0 spiro atoms. The average Bonchev–Trinajstić information content (AvgIpc) is 3.14. The number of aromatic nitrogens is 2. The number of nitrogens with two attached hydrogens (primary N) is 1. The molecule has 8 heteroatoms. The van der Waals surface area contributed by atoms with Crippen molar-refractivity contribution in [3.05, 3.63) is 77.9 Å². The lowest BCUT2D eigenvalue weighted by Gasteiger charge is -2.07. The summed E-state index contributed by atoms with van der Waals surface area (Å²) in [4.78, 5) is 4.69. The third-order valence-electron chi connectivity index (χ3n) is 5.01. The largest absolute Gasteiger partial charge is 0.319 e. The Morgan fingerprint density at radius 3 is 2.52 bits per heavy atom. The predicted octanol–water partition coefficient (Wildman–Crippen LogP) is 4.53. The Morgan fingerprint density at radius 1 is 1.10 bits per heavy atom. The van der Waals surface area contributed by atoms with Crippen LogP contribution >= 0.6 is 11.8 Å². The van der Waals surface area contributed by atoms with E-state index in [1.54, 1.807) is 17.8 Å². The zero-order chi connectivity index (χ0) is 22.0. The summed E-state index contributed by atoms with van der Waals surface area (Å²) in [5, 5.41) is 15.4. The maximum atomic E-state index is 11.6. The molecule has 2 N–H and O–H groups in total. The van der Waals surface area contributed by atoms with Gasteiger partial charge in [0.05, 0.1) is 27.6 Å². The van der Waals surface area contributed by atoms with Crippen molar-refractivity contribution in [2.45, 2.75) is 29.3 Å². The molecule has 156 valence electrons. The third kappa shape index (κ3) is 4.35. The number of thioether (sulfide) groups is 1. The van der Waals surface area contributed by atoms with E-state index >= 15 is 0 Å². The van der Waals surface area contributed by atoms with Crippen molar-refractivity contribution in [1.29, 1.82) is 5.26 Å². The topological polar surface area (TPSA) is 102 Å². The molecule has 4 rings (SSSR count). The van der Waals surface area contributed by atoms with Gasteiger partial charge in [0, 0.05) is 12.3 Å². The fourth-order valence-electron chi connectivity index (χ4n) is 3.44. The van der Waals surface area contributed by atoms with Crippen LogP contribution in [0.5, 0.6) is 0 Å². The standard InChI is InChI=1S/C23H20N4O2S2/c1-2-27-22-12-11-19(31(25,28)29)13-21(22)26-23(27)30-15-16-7-9-17(10-8-16)20-6-4-3-5-18(20)14-24/h3-13H,2,15H2,1H3,(H2,25,28,29). The normalized spacial score (nSPS) is 11.5. The first-order valence-electron chi connectivity index (χ1n) is 9.65. The summed E-state index contributed by atoms with van der Waals surface area (Å²) in [6, 6.07) is 22.7. The average molecular weight is 449 g/mol. The number of nitriles is 1. The van der Waals surface area contributed by atoms with Crippen LogP contribution in [0.1, 0.15) is 18.1 Å². The quantitative estimate of drug-likeness (QED) is 0.437. The van der Waals surface area contributed by atoms with Crippen molar-refractivity contribution >= 4 is 32.8 Å². The van der Waals surface area contributed by atoms with E-state index in [1.165, 1.54) is 12.1 Å². The molecule has 1 heterocycles. The van der Waals surface area contributed by atoms with Crippen molar-refractivity contribution in [1.82, 2.24) is 9.55 Å². The first-order chi connectivity index (χ1) is 14.9. The van der Waals surface area contributed by atoms with Crippen LogP contribution < -0.4 is 5.14 Å². The second kappa shape index (κ2) is 8.55. The van der Waals surface area contributed by atoms with Gasteiger partial charge in [0.1, 0.15) is 0 Å². The number of hydrogen-bond acceptors (Lipinski definition) is 5. The van der Waals surface area contributed by atoms with Crippen molar-refractivity contribution in [2.24, 2.45) is 5.14 Å². The third-order valence-corrected chi connectivity index (χ3v) is 6.97. The number of sulfonamides is 1. The molecular weight excluding hydrogens is 428 g/mol. The number of benzene rings is 3. The molecule has 6 nitrogen and oxygen atoms in total. The SMILES string of the molecule is CCn1c(SCc2ccc(-c3ccccc3C#N)cc2)nc2cc(S(N)(=O)=O)ccc21. The minimum Gasteiger partial charge on any atom is -0.319 e. The Labute approximate surface area is 185 Å². The van der Waals surface area contributed by atoms with Crippen LogP contribution in [0, 0.1) is 11.3 Å². The Kier molecular flexibility index (Phi) is 5.83. The summed E-state index contributed by atoms with van der Waals surface area (Å²) in [5.74, 6) is 0.714. The van der Waals surface area contributed by atoms with Gasteiger partial charge in [-0.15, -0.1) is 0 Å². The van der Waals surface area contributed by atoms with E-state index in [2.05, 4.69) is 27.8 Å². The van der Waals surface area contributed by atoms with Crippen LogP contribution in [0.2, 0.25) is 0 Å². The summed E-state index contributed by atoms with van der Waals surface area (Å²) in [7, 11) is -3.77. The molecule has 0 amide bonds. The lowest BCUT2D eigenvalue weighted by Crippen LogP contribution is -2.11. The summed E-state index contributed by atoms with van der Waals surface area (Å²) in [5.41, 5.74) is 5.19. The van der Waals surface area contributed by atoms with Gasteiger partial charge in [0.25, 0.3) is 0 Å². The highest BCUT2D eigenvalue weighted by atomic mass is 32.2. The number of fused-ring (bicyclic) bond motifs is 1. The van der Waals surface area contributed by atoms with Crippen LogP contribution in [0.25, 0.3) is 22.2 Å². The lowest BCUT2D eigenvalue weighted by atomic mass is 10.00. The van der Waals surface area contributed by atoms with Crippen molar-refractivity contribution in [3.63, 3.8) is 0 Å². The number of aryl methyl sites for hydroxylation is 1. The fraction of sp³-hybridized carbons (Fsp3) is 0.130. The van der Waals surface area contributed by atoms with Crippen molar-refractivity contribution < 1.29 is 8.42 Å². The first kappa shape index (κ1) is 21.1. The minimum absolute atomic E-state index is 0.0607. The maximum absolute atomic E-state index is 11.6. The van der Waals surface area contributed by atoms with E-state index in [0.29, 0.717) is 16.8 Å². The summed E-state index contributed by atoms with van der Waals surface area (Å²) < 4.78 is 25.3. The van der Waals surface area contributed by atoms with Gasteiger partial charge in [-0.3, -0.25) is 0 Å². The number of imidazole rings is 1. The van der Waals surface area contributed by atoms with E-state index in [-0.39, 0.29) is 4.90 Å². The molecule has 31 heavy (non-hydrogen) atoms. The maximum Gasteiger partial charge on any atom is 0.238 e. The van der Waals surface area contributed by atoms with Crippen LogP contribution in [0.4, 0.5) is 0 Å². The smallest absolute Gasteiger partial charge is 0.238 e. The van der Waals surface area contributed by atoms with Gasteiger partial charge in [-0.25, -0.2) is 18.5 Å².